The Morgan fingerprint density at radius 2 is 1.94 bits per heavy atom. The van der Waals surface area contributed by atoms with Gasteiger partial charge >= 0.3 is 5.97 Å². The lowest BCUT2D eigenvalue weighted by Gasteiger charge is -2.12. The molecule has 6 nitrogen and oxygen atoms in total. The predicted octanol–water partition coefficient (Wildman–Crippen LogP) is -0.444. The highest BCUT2D eigenvalue weighted by Gasteiger charge is 2.16. The zero-order valence-corrected chi connectivity index (χ0v) is 9.94. The highest BCUT2D eigenvalue weighted by atomic mass is 16.6. The van der Waals surface area contributed by atoms with Gasteiger partial charge in [0.2, 0.25) is 0 Å². The number of esters is 1. The van der Waals surface area contributed by atoms with Crippen molar-refractivity contribution < 1.29 is 23.7 Å². The Labute approximate surface area is 96.0 Å². The van der Waals surface area contributed by atoms with E-state index in [1.807, 2.05) is 0 Å². The molecule has 6 heteroatoms. The van der Waals surface area contributed by atoms with Crippen LogP contribution in [-0.2, 0) is 23.7 Å². The number of nitrogens with two attached hydrogens (primary N) is 1. The molecule has 0 saturated heterocycles. The number of hydrogen-bond acceptors (Lipinski definition) is 6. The van der Waals surface area contributed by atoms with Crippen molar-refractivity contribution >= 4 is 5.97 Å². The van der Waals surface area contributed by atoms with Gasteiger partial charge in [-0.1, -0.05) is 0 Å². The number of carbonyl (C=O) groups excluding carboxylic acids is 1. The summed E-state index contributed by atoms with van der Waals surface area (Å²) in [5, 5.41) is 0. The third-order valence-corrected chi connectivity index (χ3v) is 1.87. The van der Waals surface area contributed by atoms with Gasteiger partial charge in [0, 0.05) is 34.0 Å². The van der Waals surface area contributed by atoms with Crippen LogP contribution in [0.1, 0.15) is 6.42 Å². The van der Waals surface area contributed by atoms with Crippen LogP contribution in [0.25, 0.3) is 0 Å². The molecule has 0 aliphatic heterocycles. The molecule has 0 spiro atoms. The average molecular weight is 235 g/mol. The van der Waals surface area contributed by atoms with Gasteiger partial charge in [0.15, 0.2) is 6.10 Å². The van der Waals surface area contributed by atoms with Crippen LogP contribution >= 0.6 is 0 Å². The minimum absolute atomic E-state index is 0.115. The molecule has 0 aliphatic carbocycles. The fourth-order valence-electron chi connectivity index (χ4n) is 0.990. The topological polar surface area (TPSA) is 80.0 Å². The SMILES string of the molecule is COCCCOCCOC(=O)C(CN)OC. The van der Waals surface area contributed by atoms with E-state index in [0.29, 0.717) is 19.8 Å². The molecule has 0 radical (unpaired) electrons. The van der Waals surface area contributed by atoms with Crippen molar-refractivity contribution in [1.29, 1.82) is 0 Å². The van der Waals surface area contributed by atoms with Crippen LogP contribution in [0.15, 0.2) is 0 Å². The molecule has 1 atom stereocenters. The maximum Gasteiger partial charge on any atom is 0.336 e. The number of methoxy groups -OCH3 is 2. The Balaban J connectivity index is 3.33. The van der Waals surface area contributed by atoms with E-state index in [1.165, 1.54) is 7.11 Å². The Morgan fingerprint density at radius 1 is 1.19 bits per heavy atom. The first kappa shape index (κ1) is 15.3. The second-order valence-corrected chi connectivity index (χ2v) is 3.09. The molecule has 16 heavy (non-hydrogen) atoms. The molecule has 0 amide bonds. The van der Waals surface area contributed by atoms with Crippen LogP contribution in [0.3, 0.4) is 0 Å². The van der Waals surface area contributed by atoms with E-state index < -0.39 is 12.1 Å². The summed E-state index contributed by atoms with van der Waals surface area (Å²) in [6.45, 7) is 1.96. The van der Waals surface area contributed by atoms with Gasteiger partial charge in [-0.25, -0.2) is 4.79 Å². The Hall–Kier alpha value is -0.690. The maximum absolute atomic E-state index is 11.2. The highest BCUT2D eigenvalue weighted by Crippen LogP contribution is 1.92. The number of hydrogen-bond donors (Lipinski definition) is 1. The quantitative estimate of drug-likeness (QED) is 0.408. The molecule has 0 aromatic heterocycles. The Morgan fingerprint density at radius 3 is 2.50 bits per heavy atom. The zero-order valence-electron chi connectivity index (χ0n) is 9.94. The van der Waals surface area contributed by atoms with Gasteiger partial charge in [-0.3, -0.25) is 0 Å². The summed E-state index contributed by atoms with van der Waals surface area (Å²) < 4.78 is 19.8. The number of ether oxygens (including phenoxy) is 4. The molecule has 0 rings (SSSR count). The summed E-state index contributed by atoms with van der Waals surface area (Å²) in [4.78, 5) is 11.2. The molecular formula is C10H21NO5. The molecular weight excluding hydrogens is 214 g/mol. The highest BCUT2D eigenvalue weighted by molar-refractivity contribution is 5.74. The van der Waals surface area contributed by atoms with Crippen molar-refractivity contribution in [2.24, 2.45) is 5.73 Å². The van der Waals surface area contributed by atoms with E-state index in [1.54, 1.807) is 7.11 Å². The largest absolute Gasteiger partial charge is 0.461 e. The van der Waals surface area contributed by atoms with Crippen molar-refractivity contribution in [3.8, 4) is 0 Å². The van der Waals surface area contributed by atoms with Crippen LogP contribution in [0.4, 0.5) is 0 Å². The van der Waals surface area contributed by atoms with Gasteiger partial charge < -0.3 is 24.7 Å². The van der Waals surface area contributed by atoms with Gasteiger partial charge in [0.05, 0.1) is 6.61 Å². The molecule has 0 aromatic carbocycles. The van der Waals surface area contributed by atoms with Crippen molar-refractivity contribution in [2.45, 2.75) is 12.5 Å². The van der Waals surface area contributed by atoms with Gasteiger partial charge in [0.1, 0.15) is 6.61 Å². The van der Waals surface area contributed by atoms with Crippen LogP contribution in [0, 0.1) is 0 Å². The van der Waals surface area contributed by atoms with Crippen LogP contribution in [0.2, 0.25) is 0 Å². The van der Waals surface area contributed by atoms with Crippen molar-refractivity contribution in [2.75, 3.05) is 47.2 Å². The van der Waals surface area contributed by atoms with E-state index >= 15 is 0 Å². The van der Waals surface area contributed by atoms with Crippen molar-refractivity contribution in [1.82, 2.24) is 0 Å². The lowest BCUT2D eigenvalue weighted by atomic mass is 10.4. The van der Waals surface area contributed by atoms with Crippen LogP contribution in [-0.4, -0.2) is 59.3 Å². The van der Waals surface area contributed by atoms with Gasteiger partial charge in [-0.15, -0.1) is 0 Å². The standard InChI is InChI=1S/C10H21NO5/c1-13-4-3-5-15-6-7-16-10(12)9(8-11)14-2/h9H,3-8,11H2,1-2H3. The minimum atomic E-state index is -0.687. The molecule has 2 N–H and O–H groups in total. The summed E-state index contributed by atoms with van der Waals surface area (Å²) in [5.74, 6) is -0.453. The predicted molar refractivity (Wildman–Crippen MR) is 58.1 cm³/mol. The first-order valence-corrected chi connectivity index (χ1v) is 5.22. The fraction of sp³-hybridized carbons (Fsp3) is 0.900. The molecule has 1 unspecified atom stereocenters. The molecule has 0 bridgehead atoms. The van der Waals surface area contributed by atoms with E-state index in [9.17, 15) is 4.79 Å². The Bertz CT molecular complexity index is 173. The summed E-state index contributed by atoms with van der Waals surface area (Å²) in [7, 11) is 3.06. The molecule has 0 aliphatic rings. The first-order valence-electron chi connectivity index (χ1n) is 5.22. The van der Waals surface area contributed by atoms with Gasteiger partial charge in [0.25, 0.3) is 0 Å². The molecule has 0 aromatic rings. The van der Waals surface area contributed by atoms with Crippen molar-refractivity contribution in [3.05, 3.63) is 0 Å². The smallest absolute Gasteiger partial charge is 0.336 e. The van der Waals surface area contributed by atoms with Crippen molar-refractivity contribution in [3.63, 3.8) is 0 Å². The molecule has 0 heterocycles. The third kappa shape index (κ3) is 7.58. The van der Waals surface area contributed by atoms with E-state index in [-0.39, 0.29) is 13.2 Å². The van der Waals surface area contributed by atoms with Crippen LogP contribution in [0.5, 0.6) is 0 Å². The second-order valence-electron chi connectivity index (χ2n) is 3.09. The van der Waals surface area contributed by atoms with E-state index in [2.05, 4.69) is 0 Å². The van der Waals surface area contributed by atoms with E-state index in [4.69, 9.17) is 24.7 Å². The lowest BCUT2D eigenvalue weighted by Crippen LogP contribution is -2.33. The minimum Gasteiger partial charge on any atom is -0.461 e. The molecule has 96 valence electrons. The van der Waals surface area contributed by atoms with Crippen LogP contribution < -0.4 is 5.73 Å². The second kappa shape index (κ2) is 10.8. The van der Waals surface area contributed by atoms with Gasteiger partial charge in [-0.2, -0.15) is 0 Å². The summed E-state index contributed by atoms with van der Waals surface area (Å²) in [6, 6.07) is 0. The molecule has 0 saturated carbocycles. The van der Waals surface area contributed by atoms with E-state index in [0.717, 1.165) is 6.42 Å². The summed E-state index contributed by atoms with van der Waals surface area (Å²) >= 11 is 0. The number of rotatable bonds is 10. The molecule has 0 fully saturated rings. The number of carbonyl (C=O) groups is 1. The third-order valence-electron chi connectivity index (χ3n) is 1.87. The summed E-state index contributed by atoms with van der Waals surface area (Å²) in [6.07, 6.45) is 0.141. The maximum atomic E-state index is 11.2. The average Bonchev–Trinajstić information content (AvgIpc) is 2.29. The zero-order chi connectivity index (χ0) is 12.2. The Kier molecular flexibility index (Phi) is 10.3. The monoisotopic (exact) mass is 235 g/mol. The lowest BCUT2D eigenvalue weighted by molar-refractivity contribution is -0.156. The first-order chi connectivity index (χ1) is 7.76. The van der Waals surface area contributed by atoms with Gasteiger partial charge in [-0.05, 0) is 6.42 Å². The fourth-order valence-corrected chi connectivity index (χ4v) is 0.990. The summed E-state index contributed by atoms with van der Waals surface area (Å²) in [5.41, 5.74) is 5.30. The normalized spacial score (nSPS) is 12.4.